The molecule has 0 saturated carbocycles. The molecule has 1 fully saturated rings. The molecule has 1 aliphatic rings. The van der Waals surface area contributed by atoms with Crippen LogP contribution in [0.3, 0.4) is 0 Å². The number of amides is 2. The van der Waals surface area contributed by atoms with E-state index in [1.807, 2.05) is 19.1 Å². The highest BCUT2D eigenvalue weighted by atomic mass is 32.2. The predicted octanol–water partition coefficient (Wildman–Crippen LogP) is -0.874. The van der Waals surface area contributed by atoms with Crippen molar-refractivity contribution in [1.29, 1.82) is 0 Å². The Bertz CT molecular complexity index is 808. The molecule has 1 heterocycles. The summed E-state index contributed by atoms with van der Waals surface area (Å²) in [7, 11) is -3.54. The van der Waals surface area contributed by atoms with Gasteiger partial charge >= 0.3 is 0 Å². The second-order valence-electron chi connectivity index (χ2n) is 8.34. The van der Waals surface area contributed by atoms with Crippen molar-refractivity contribution < 1.29 is 22.9 Å². The Morgan fingerprint density at radius 1 is 1.03 bits per heavy atom. The molecule has 9 heteroatoms. The van der Waals surface area contributed by atoms with Crippen LogP contribution in [0.4, 0.5) is 0 Å². The molecule has 1 aromatic rings. The van der Waals surface area contributed by atoms with Crippen molar-refractivity contribution in [2.45, 2.75) is 38.0 Å². The third-order valence-corrected chi connectivity index (χ3v) is 6.93. The number of benzene rings is 1. The predicted molar refractivity (Wildman–Crippen MR) is 111 cm³/mol. The summed E-state index contributed by atoms with van der Waals surface area (Å²) in [6.45, 7) is 10.6. The van der Waals surface area contributed by atoms with Gasteiger partial charge < -0.3 is 15.5 Å². The molecular formula is C20H33N4O4S+. The first-order chi connectivity index (χ1) is 13.5. The lowest BCUT2D eigenvalue weighted by atomic mass is 9.87. The van der Waals surface area contributed by atoms with Crippen LogP contribution in [-0.4, -0.2) is 70.4 Å². The molecular weight excluding hydrogens is 392 g/mol. The van der Waals surface area contributed by atoms with Gasteiger partial charge in [0.1, 0.15) is 0 Å². The van der Waals surface area contributed by atoms with Crippen molar-refractivity contribution in [2.75, 3.05) is 45.8 Å². The molecule has 0 aromatic heterocycles. The van der Waals surface area contributed by atoms with Crippen molar-refractivity contribution >= 4 is 21.8 Å². The standard InChI is InChI=1S/C20H32N4O4S/c1-5-21-18(25)14-22-19(26)15-23-10-12-24(13-11-23)29(27,28)17-8-6-16(7-9-17)20(2,3)4/h6-9H,5,10-15H2,1-4H3,(H,21,25)(H,22,26)/p+1. The highest BCUT2D eigenvalue weighted by molar-refractivity contribution is 7.89. The number of likely N-dealkylation sites (N-methyl/N-ethyl adjacent to an activating group) is 1. The van der Waals surface area contributed by atoms with E-state index in [2.05, 4.69) is 31.4 Å². The minimum atomic E-state index is -3.54. The van der Waals surface area contributed by atoms with Crippen LogP contribution in [0.5, 0.6) is 0 Å². The summed E-state index contributed by atoms with van der Waals surface area (Å²) < 4.78 is 27.3. The van der Waals surface area contributed by atoms with Gasteiger partial charge in [0, 0.05) is 6.54 Å². The van der Waals surface area contributed by atoms with E-state index in [1.54, 1.807) is 12.1 Å². The Labute approximate surface area is 173 Å². The molecule has 0 bridgehead atoms. The van der Waals surface area contributed by atoms with Crippen LogP contribution in [0.25, 0.3) is 0 Å². The second-order valence-corrected chi connectivity index (χ2v) is 10.3. The molecule has 0 spiro atoms. The topological polar surface area (TPSA) is 100 Å². The minimum absolute atomic E-state index is 0.0327. The van der Waals surface area contributed by atoms with Crippen LogP contribution in [-0.2, 0) is 25.0 Å². The summed E-state index contributed by atoms with van der Waals surface area (Å²) in [6, 6.07) is 7.08. The van der Waals surface area contributed by atoms with Gasteiger partial charge in [-0.1, -0.05) is 32.9 Å². The number of rotatable bonds is 7. The molecule has 29 heavy (non-hydrogen) atoms. The molecule has 2 amide bonds. The van der Waals surface area contributed by atoms with Gasteiger partial charge in [-0.15, -0.1) is 0 Å². The molecule has 8 nitrogen and oxygen atoms in total. The Hall–Kier alpha value is -1.97. The average Bonchev–Trinajstić information content (AvgIpc) is 2.66. The summed E-state index contributed by atoms with van der Waals surface area (Å²) in [6.07, 6.45) is 0. The van der Waals surface area contributed by atoms with Crippen LogP contribution in [0, 0.1) is 0 Å². The summed E-state index contributed by atoms with van der Waals surface area (Å²) in [5.74, 6) is -0.426. The molecule has 0 aliphatic carbocycles. The van der Waals surface area contributed by atoms with Crippen molar-refractivity contribution in [3.63, 3.8) is 0 Å². The van der Waals surface area contributed by atoms with Crippen molar-refractivity contribution in [2.24, 2.45) is 0 Å². The van der Waals surface area contributed by atoms with E-state index < -0.39 is 10.0 Å². The van der Waals surface area contributed by atoms with E-state index in [-0.39, 0.29) is 30.3 Å². The first-order valence-corrected chi connectivity index (χ1v) is 11.5. The number of hydrogen-bond donors (Lipinski definition) is 3. The fourth-order valence-electron chi connectivity index (χ4n) is 3.22. The van der Waals surface area contributed by atoms with E-state index in [4.69, 9.17) is 0 Å². The first-order valence-electron chi connectivity index (χ1n) is 10.0. The van der Waals surface area contributed by atoms with E-state index in [0.29, 0.717) is 37.6 Å². The lowest BCUT2D eigenvalue weighted by Gasteiger charge is -2.31. The van der Waals surface area contributed by atoms with Crippen LogP contribution < -0.4 is 15.5 Å². The lowest BCUT2D eigenvalue weighted by molar-refractivity contribution is -0.895. The van der Waals surface area contributed by atoms with Gasteiger partial charge in [-0.25, -0.2) is 8.42 Å². The van der Waals surface area contributed by atoms with Gasteiger partial charge in [-0.2, -0.15) is 4.31 Å². The third-order valence-electron chi connectivity index (χ3n) is 5.02. The summed E-state index contributed by atoms with van der Waals surface area (Å²) >= 11 is 0. The monoisotopic (exact) mass is 425 g/mol. The van der Waals surface area contributed by atoms with Crippen LogP contribution >= 0.6 is 0 Å². The SMILES string of the molecule is CCNC(=O)CNC(=O)C[NH+]1CCN(S(=O)(=O)c2ccc(C(C)(C)C)cc2)CC1. The normalized spacial score (nSPS) is 16.4. The van der Waals surface area contributed by atoms with Crippen molar-refractivity contribution in [3.05, 3.63) is 29.8 Å². The van der Waals surface area contributed by atoms with E-state index in [0.717, 1.165) is 10.5 Å². The molecule has 162 valence electrons. The number of sulfonamides is 1. The maximum atomic E-state index is 12.9. The number of nitrogens with one attached hydrogen (secondary N) is 3. The molecule has 1 aromatic carbocycles. The highest BCUT2D eigenvalue weighted by Gasteiger charge is 2.31. The Morgan fingerprint density at radius 2 is 1.62 bits per heavy atom. The molecule has 2 rings (SSSR count). The molecule has 1 saturated heterocycles. The van der Waals surface area contributed by atoms with Gasteiger partial charge in [-0.05, 0) is 30.0 Å². The maximum absolute atomic E-state index is 12.9. The average molecular weight is 426 g/mol. The number of carbonyl (C=O) groups excluding carboxylic acids is 2. The highest BCUT2D eigenvalue weighted by Crippen LogP contribution is 2.24. The van der Waals surface area contributed by atoms with Crippen LogP contribution in [0.2, 0.25) is 0 Å². The zero-order valence-corrected chi connectivity index (χ0v) is 18.6. The van der Waals surface area contributed by atoms with E-state index >= 15 is 0 Å². The van der Waals surface area contributed by atoms with Crippen molar-refractivity contribution in [3.8, 4) is 0 Å². The summed E-state index contributed by atoms with van der Waals surface area (Å²) in [5.41, 5.74) is 1.05. The number of carbonyl (C=O) groups is 2. The quantitative estimate of drug-likeness (QED) is 0.529. The molecule has 0 atom stereocenters. The minimum Gasteiger partial charge on any atom is -0.355 e. The second kappa shape index (κ2) is 9.69. The van der Waals surface area contributed by atoms with Gasteiger partial charge in [0.25, 0.3) is 5.91 Å². The zero-order chi connectivity index (χ0) is 21.7. The van der Waals surface area contributed by atoms with Gasteiger partial charge in [0.05, 0.1) is 37.6 Å². The van der Waals surface area contributed by atoms with Gasteiger partial charge in [-0.3, -0.25) is 9.59 Å². The Balaban J connectivity index is 1.88. The molecule has 1 aliphatic heterocycles. The molecule has 0 radical (unpaired) electrons. The van der Waals surface area contributed by atoms with Gasteiger partial charge in [0.15, 0.2) is 6.54 Å². The number of quaternary nitrogens is 1. The fraction of sp³-hybridized carbons (Fsp3) is 0.600. The van der Waals surface area contributed by atoms with Crippen LogP contribution in [0.15, 0.2) is 29.2 Å². The van der Waals surface area contributed by atoms with Crippen LogP contribution in [0.1, 0.15) is 33.3 Å². The van der Waals surface area contributed by atoms with Crippen molar-refractivity contribution in [1.82, 2.24) is 14.9 Å². The molecule has 3 N–H and O–H groups in total. The first kappa shape index (κ1) is 23.3. The fourth-order valence-corrected chi connectivity index (χ4v) is 4.67. The lowest BCUT2D eigenvalue weighted by Crippen LogP contribution is -3.15. The maximum Gasteiger partial charge on any atom is 0.275 e. The Morgan fingerprint density at radius 3 is 2.14 bits per heavy atom. The third kappa shape index (κ3) is 6.52. The number of hydrogen-bond acceptors (Lipinski definition) is 4. The summed E-state index contributed by atoms with van der Waals surface area (Å²) in [4.78, 5) is 24.7. The number of nitrogens with zero attached hydrogens (tertiary/aromatic N) is 1. The van der Waals surface area contributed by atoms with E-state index in [1.165, 1.54) is 4.31 Å². The number of piperazine rings is 1. The van der Waals surface area contributed by atoms with Gasteiger partial charge in [0.2, 0.25) is 15.9 Å². The smallest absolute Gasteiger partial charge is 0.275 e. The summed E-state index contributed by atoms with van der Waals surface area (Å²) in [5, 5.41) is 5.22. The zero-order valence-electron chi connectivity index (χ0n) is 17.7. The molecule has 0 unspecified atom stereocenters. The largest absolute Gasteiger partial charge is 0.355 e. The Kier molecular flexibility index (Phi) is 7.79. The van der Waals surface area contributed by atoms with E-state index in [9.17, 15) is 18.0 Å².